The van der Waals surface area contributed by atoms with Crippen LogP contribution in [-0.2, 0) is 34.0 Å². The highest BCUT2D eigenvalue weighted by Gasteiger charge is 2.29. The Kier molecular flexibility index (Phi) is 11.4. The Morgan fingerprint density at radius 2 is 1.80 bits per heavy atom. The van der Waals surface area contributed by atoms with Gasteiger partial charge in [0, 0.05) is 31.6 Å². The van der Waals surface area contributed by atoms with Crippen LogP contribution in [-0.4, -0.2) is 79.7 Å². The molecule has 3 N–H and O–H groups in total. The molecule has 1 amide bonds. The molecule has 242 valence electrons. The molecule has 4 rings (SSSR count). The number of anilines is 1. The van der Waals surface area contributed by atoms with Crippen molar-refractivity contribution in [2.75, 3.05) is 38.5 Å². The Morgan fingerprint density at radius 1 is 1.04 bits per heavy atom. The zero-order valence-electron chi connectivity index (χ0n) is 27.1. The number of pyridine rings is 1. The van der Waals surface area contributed by atoms with Gasteiger partial charge in [-0.15, -0.1) is 0 Å². The average Bonchev–Trinajstić information content (AvgIpc) is 3.38. The van der Waals surface area contributed by atoms with Crippen LogP contribution in [0.15, 0.2) is 48.5 Å². The molecule has 0 radical (unpaired) electrons. The number of carboxylic acid groups (broad SMARTS) is 1. The highest BCUT2D eigenvalue weighted by Crippen LogP contribution is 2.29. The first-order valence-electron chi connectivity index (χ1n) is 15.7. The number of carbonyl (C=O) groups excluding carboxylic acids is 1. The number of nitrogens with two attached hydrogens (primary N) is 1. The molecule has 0 saturated heterocycles. The maximum atomic E-state index is 13.7. The van der Waals surface area contributed by atoms with Crippen LogP contribution in [0.25, 0.3) is 21.9 Å². The van der Waals surface area contributed by atoms with Crippen LogP contribution in [0.3, 0.4) is 0 Å². The van der Waals surface area contributed by atoms with Crippen LogP contribution in [0.5, 0.6) is 5.75 Å². The molecule has 45 heavy (non-hydrogen) atoms. The van der Waals surface area contributed by atoms with Gasteiger partial charge in [0.1, 0.15) is 23.7 Å². The second-order valence-corrected chi connectivity index (χ2v) is 11.6. The van der Waals surface area contributed by atoms with Crippen molar-refractivity contribution in [3.05, 3.63) is 59.9 Å². The molecule has 0 bridgehead atoms. The number of aliphatic carboxylic acids is 1. The van der Waals surface area contributed by atoms with Gasteiger partial charge in [0.25, 0.3) is 0 Å². The van der Waals surface area contributed by atoms with E-state index in [-0.39, 0.29) is 5.91 Å². The van der Waals surface area contributed by atoms with Crippen molar-refractivity contribution < 1.29 is 24.2 Å². The van der Waals surface area contributed by atoms with Crippen molar-refractivity contribution >= 4 is 39.6 Å². The number of carboxylic acids is 1. The minimum Gasteiger partial charge on any atom is -0.478 e. The molecule has 2 aromatic heterocycles. The number of likely N-dealkylation sites (N-methyl/N-ethyl adjacent to an activating group) is 1. The molecule has 2 heterocycles. The first kappa shape index (κ1) is 33.7. The fourth-order valence-electron chi connectivity index (χ4n) is 5.28. The van der Waals surface area contributed by atoms with Crippen LogP contribution >= 0.6 is 0 Å². The largest absolute Gasteiger partial charge is 0.478 e. The summed E-state index contributed by atoms with van der Waals surface area (Å²) in [6.45, 7) is 13.5. The molecule has 0 fully saturated rings. The zero-order chi connectivity index (χ0) is 32.6. The summed E-state index contributed by atoms with van der Waals surface area (Å²) < 4.78 is 13.8. The molecule has 0 spiro atoms. The Labute approximate surface area is 264 Å². The fourth-order valence-corrected chi connectivity index (χ4v) is 5.28. The number of carbonyl (C=O) groups is 2. The number of imidazole rings is 1. The average molecular weight is 619 g/mol. The van der Waals surface area contributed by atoms with Gasteiger partial charge in [0.05, 0.1) is 17.6 Å². The van der Waals surface area contributed by atoms with E-state index in [1.807, 2.05) is 55.1 Å². The van der Waals surface area contributed by atoms with E-state index in [4.69, 9.17) is 20.2 Å². The van der Waals surface area contributed by atoms with E-state index in [1.165, 1.54) is 13.8 Å². The number of rotatable bonds is 17. The van der Waals surface area contributed by atoms with E-state index >= 15 is 0 Å². The SMILES string of the molecule is CCCOCc1nc2c(N)nc3ccccc3c2n1CCCN(Cc1cccc(OC(C)(C)C(=O)O)c1)C(=O)CN(CC)CC. The topological polar surface area (TPSA) is 136 Å². The third-order valence-corrected chi connectivity index (χ3v) is 7.84. The molecule has 11 nitrogen and oxygen atoms in total. The van der Waals surface area contributed by atoms with Gasteiger partial charge in [-0.05, 0) is 63.5 Å². The lowest BCUT2D eigenvalue weighted by molar-refractivity contribution is -0.152. The summed E-state index contributed by atoms with van der Waals surface area (Å²) in [5.74, 6) is 0.562. The van der Waals surface area contributed by atoms with Crippen molar-refractivity contribution in [2.24, 2.45) is 0 Å². The minimum absolute atomic E-state index is 0.0248. The minimum atomic E-state index is -1.38. The van der Waals surface area contributed by atoms with Crippen LogP contribution in [0.4, 0.5) is 5.82 Å². The van der Waals surface area contributed by atoms with Gasteiger partial charge < -0.3 is 29.8 Å². The van der Waals surface area contributed by atoms with E-state index in [9.17, 15) is 14.7 Å². The molecule has 4 aromatic rings. The lowest BCUT2D eigenvalue weighted by Gasteiger charge is -2.27. The Bertz CT molecular complexity index is 1610. The molecule has 0 aliphatic carbocycles. The number of fused-ring (bicyclic) bond motifs is 3. The summed E-state index contributed by atoms with van der Waals surface area (Å²) >= 11 is 0. The molecule has 0 aliphatic rings. The predicted octanol–water partition coefficient (Wildman–Crippen LogP) is 5.10. The third-order valence-electron chi connectivity index (χ3n) is 7.84. The molecule has 0 aliphatic heterocycles. The lowest BCUT2D eigenvalue weighted by atomic mass is 10.1. The van der Waals surface area contributed by atoms with Crippen LogP contribution < -0.4 is 10.5 Å². The summed E-state index contributed by atoms with van der Waals surface area (Å²) in [6, 6.07) is 15.2. The van der Waals surface area contributed by atoms with Crippen LogP contribution in [0, 0.1) is 0 Å². The number of hydrogen-bond acceptors (Lipinski definition) is 8. The second-order valence-electron chi connectivity index (χ2n) is 11.6. The van der Waals surface area contributed by atoms with Gasteiger partial charge in [0.2, 0.25) is 5.91 Å². The van der Waals surface area contributed by atoms with E-state index < -0.39 is 11.6 Å². The Balaban J connectivity index is 1.61. The molecule has 0 saturated carbocycles. The van der Waals surface area contributed by atoms with Gasteiger partial charge >= 0.3 is 5.97 Å². The summed E-state index contributed by atoms with van der Waals surface area (Å²) in [4.78, 5) is 38.7. The third kappa shape index (κ3) is 8.29. The molecular formula is C34H46N6O5. The highest BCUT2D eigenvalue weighted by atomic mass is 16.5. The molecule has 0 atom stereocenters. The number of hydrogen-bond donors (Lipinski definition) is 2. The summed E-state index contributed by atoms with van der Waals surface area (Å²) in [5.41, 5.74) is 8.21. The molecule has 2 aromatic carbocycles. The van der Waals surface area contributed by atoms with Crippen molar-refractivity contribution in [1.82, 2.24) is 24.3 Å². The number of para-hydroxylation sites is 1. The number of ether oxygens (including phenoxy) is 2. The quantitative estimate of drug-likeness (QED) is 0.155. The first-order chi connectivity index (χ1) is 21.6. The van der Waals surface area contributed by atoms with Crippen LogP contribution in [0.2, 0.25) is 0 Å². The fraction of sp³-hybridized carbons (Fsp3) is 0.471. The number of nitrogen functional groups attached to an aromatic ring is 1. The predicted molar refractivity (Wildman–Crippen MR) is 176 cm³/mol. The zero-order valence-corrected chi connectivity index (χ0v) is 27.1. The van der Waals surface area contributed by atoms with Gasteiger partial charge in [0.15, 0.2) is 11.4 Å². The number of aromatic nitrogens is 3. The summed E-state index contributed by atoms with van der Waals surface area (Å²) in [6.07, 6.45) is 1.56. The molecule has 0 unspecified atom stereocenters. The van der Waals surface area contributed by atoms with Gasteiger partial charge in [-0.3, -0.25) is 9.69 Å². The number of nitrogens with zero attached hydrogens (tertiary/aromatic N) is 5. The van der Waals surface area contributed by atoms with Crippen molar-refractivity contribution in [3.63, 3.8) is 0 Å². The van der Waals surface area contributed by atoms with Crippen molar-refractivity contribution in [3.8, 4) is 5.75 Å². The van der Waals surface area contributed by atoms with Gasteiger partial charge in [-0.1, -0.05) is 51.1 Å². The standard InChI is InChI=1S/C34H46N6O5/c1-6-19-44-23-28-37-30-31(26-15-9-10-16-27(26)36-32(30)35)40(28)18-12-17-39(29(41)22-38(7-2)8-3)21-24-13-11-14-25(20-24)45-34(4,5)33(42)43/h9-11,13-16,20H,6-8,12,17-19,21-23H2,1-5H3,(H2,35,36)(H,42,43). The number of aryl methyl sites for hydroxylation is 1. The van der Waals surface area contributed by atoms with E-state index in [1.54, 1.807) is 12.1 Å². The van der Waals surface area contributed by atoms with E-state index in [2.05, 4.69) is 21.4 Å². The Hall–Kier alpha value is -4.22. The smallest absolute Gasteiger partial charge is 0.347 e. The first-order valence-corrected chi connectivity index (χ1v) is 15.7. The van der Waals surface area contributed by atoms with E-state index in [0.29, 0.717) is 62.9 Å². The van der Waals surface area contributed by atoms with Gasteiger partial charge in [-0.2, -0.15) is 0 Å². The maximum Gasteiger partial charge on any atom is 0.347 e. The molecule has 11 heteroatoms. The molecular weight excluding hydrogens is 572 g/mol. The second kappa shape index (κ2) is 15.2. The van der Waals surface area contributed by atoms with E-state index in [0.717, 1.165) is 47.3 Å². The number of amides is 1. The van der Waals surface area contributed by atoms with Crippen molar-refractivity contribution in [1.29, 1.82) is 0 Å². The summed E-state index contributed by atoms with van der Waals surface area (Å²) in [5, 5.41) is 10.5. The lowest BCUT2D eigenvalue weighted by Crippen LogP contribution is -2.40. The normalized spacial score (nSPS) is 11.9. The highest BCUT2D eigenvalue weighted by molar-refractivity contribution is 6.06. The summed E-state index contributed by atoms with van der Waals surface area (Å²) in [7, 11) is 0. The Morgan fingerprint density at radius 3 is 2.51 bits per heavy atom. The monoisotopic (exact) mass is 618 g/mol. The van der Waals surface area contributed by atoms with Crippen LogP contribution in [0.1, 0.15) is 58.8 Å². The maximum absolute atomic E-state index is 13.7. The number of benzene rings is 2. The van der Waals surface area contributed by atoms with Gasteiger partial charge in [-0.25, -0.2) is 14.8 Å². The van der Waals surface area contributed by atoms with Crippen molar-refractivity contribution in [2.45, 2.75) is 72.8 Å².